The van der Waals surface area contributed by atoms with Gasteiger partial charge in [0, 0.05) is 31.3 Å². The third kappa shape index (κ3) is 5.19. The third-order valence-electron chi connectivity index (χ3n) is 3.28. The van der Waals surface area contributed by atoms with E-state index in [4.69, 9.17) is 5.11 Å². The Bertz CT molecular complexity index is 284. The SMILES string of the molecule is CN(C=CC(=O)O)CCC(C)(O)C(C)(C)CO. The molecule has 5 heteroatoms. The first kappa shape index (κ1) is 15.9. The fourth-order valence-corrected chi connectivity index (χ4v) is 1.17. The van der Waals surface area contributed by atoms with Crippen LogP contribution < -0.4 is 0 Å². The van der Waals surface area contributed by atoms with E-state index in [2.05, 4.69) is 0 Å². The van der Waals surface area contributed by atoms with Crippen molar-refractivity contribution in [2.75, 3.05) is 20.2 Å². The average molecular weight is 245 g/mol. The Kier molecular flexibility index (Phi) is 5.64. The minimum absolute atomic E-state index is 0.103. The fourth-order valence-electron chi connectivity index (χ4n) is 1.17. The van der Waals surface area contributed by atoms with Crippen LogP contribution in [0.4, 0.5) is 0 Å². The minimum Gasteiger partial charge on any atom is -0.478 e. The standard InChI is InChI=1S/C12H23NO4/c1-11(2,9-14)12(3,17)6-8-13(4)7-5-10(15)16/h5,7,14,17H,6,8-9H2,1-4H3,(H,15,16). The number of carboxylic acid groups (broad SMARTS) is 1. The summed E-state index contributed by atoms with van der Waals surface area (Å²) < 4.78 is 0. The Morgan fingerprint density at radius 1 is 1.35 bits per heavy atom. The van der Waals surface area contributed by atoms with Gasteiger partial charge in [-0.3, -0.25) is 0 Å². The van der Waals surface area contributed by atoms with Gasteiger partial charge in [-0.2, -0.15) is 0 Å². The van der Waals surface area contributed by atoms with Crippen molar-refractivity contribution in [3.63, 3.8) is 0 Å². The zero-order valence-corrected chi connectivity index (χ0v) is 11.0. The number of carboxylic acids is 1. The fraction of sp³-hybridized carbons (Fsp3) is 0.750. The molecule has 0 aromatic carbocycles. The molecular formula is C12H23NO4. The van der Waals surface area contributed by atoms with E-state index >= 15 is 0 Å². The third-order valence-corrected chi connectivity index (χ3v) is 3.28. The van der Waals surface area contributed by atoms with Crippen molar-refractivity contribution in [3.8, 4) is 0 Å². The van der Waals surface area contributed by atoms with E-state index in [0.29, 0.717) is 13.0 Å². The van der Waals surface area contributed by atoms with Crippen LogP contribution >= 0.6 is 0 Å². The summed E-state index contributed by atoms with van der Waals surface area (Å²) in [5, 5.41) is 27.9. The van der Waals surface area contributed by atoms with Crippen LogP contribution in [0.15, 0.2) is 12.3 Å². The van der Waals surface area contributed by atoms with Crippen LogP contribution in [-0.2, 0) is 4.79 Å². The molecule has 3 N–H and O–H groups in total. The first-order chi connectivity index (χ1) is 7.62. The number of carbonyl (C=O) groups is 1. The van der Waals surface area contributed by atoms with E-state index in [0.717, 1.165) is 6.08 Å². The van der Waals surface area contributed by atoms with Gasteiger partial charge in [-0.1, -0.05) is 13.8 Å². The van der Waals surface area contributed by atoms with Gasteiger partial charge < -0.3 is 20.2 Å². The van der Waals surface area contributed by atoms with Crippen molar-refractivity contribution in [3.05, 3.63) is 12.3 Å². The van der Waals surface area contributed by atoms with Gasteiger partial charge in [0.25, 0.3) is 0 Å². The van der Waals surface area contributed by atoms with Crippen molar-refractivity contribution < 1.29 is 20.1 Å². The Morgan fingerprint density at radius 3 is 2.29 bits per heavy atom. The molecule has 0 aliphatic rings. The lowest BCUT2D eigenvalue weighted by atomic mass is 9.74. The molecule has 17 heavy (non-hydrogen) atoms. The first-order valence-electron chi connectivity index (χ1n) is 5.57. The molecule has 0 fully saturated rings. The monoisotopic (exact) mass is 245 g/mol. The van der Waals surface area contributed by atoms with Gasteiger partial charge in [-0.05, 0) is 13.3 Å². The Balaban J connectivity index is 4.32. The van der Waals surface area contributed by atoms with Crippen molar-refractivity contribution in [1.29, 1.82) is 0 Å². The van der Waals surface area contributed by atoms with Gasteiger partial charge in [0.15, 0.2) is 0 Å². The molecular weight excluding hydrogens is 222 g/mol. The van der Waals surface area contributed by atoms with Crippen LogP contribution in [0.3, 0.4) is 0 Å². The summed E-state index contributed by atoms with van der Waals surface area (Å²) in [6.07, 6.45) is 2.94. The highest BCUT2D eigenvalue weighted by Gasteiger charge is 2.38. The molecule has 0 radical (unpaired) electrons. The van der Waals surface area contributed by atoms with E-state index in [1.807, 2.05) is 0 Å². The Labute approximate surface area is 102 Å². The van der Waals surface area contributed by atoms with Gasteiger partial charge >= 0.3 is 5.97 Å². The van der Waals surface area contributed by atoms with Crippen LogP contribution in [-0.4, -0.2) is 52.0 Å². The van der Waals surface area contributed by atoms with E-state index in [9.17, 15) is 15.0 Å². The lowest BCUT2D eigenvalue weighted by Gasteiger charge is -2.39. The normalized spacial score (nSPS) is 15.9. The van der Waals surface area contributed by atoms with Gasteiger partial charge in [0.1, 0.15) is 0 Å². The number of aliphatic hydroxyl groups excluding tert-OH is 1. The Hall–Kier alpha value is -1.07. The predicted octanol–water partition coefficient (Wildman–Crippen LogP) is 0.676. The molecule has 0 aromatic heterocycles. The quantitative estimate of drug-likeness (QED) is 0.575. The maximum atomic E-state index is 10.3. The number of aliphatic hydroxyl groups is 2. The van der Waals surface area contributed by atoms with Crippen molar-refractivity contribution in [2.24, 2.45) is 5.41 Å². The molecule has 0 rings (SSSR count). The maximum absolute atomic E-state index is 10.3. The first-order valence-corrected chi connectivity index (χ1v) is 5.57. The molecule has 0 aliphatic carbocycles. The molecule has 0 heterocycles. The van der Waals surface area contributed by atoms with Crippen LogP contribution in [0.25, 0.3) is 0 Å². The summed E-state index contributed by atoms with van der Waals surface area (Å²) in [7, 11) is 1.74. The van der Waals surface area contributed by atoms with Crippen LogP contribution in [0.1, 0.15) is 27.2 Å². The summed E-state index contributed by atoms with van der Waals surface area (Å²) >= 11 is 0. The molecule has 0 aliphatic heterocycles. The van der Waals surface area contributed by atoms with Crippen LogP contribution in [0, 0.1) is 5.41 Å². The average Bonchev–Trinajstić information content (AvgIpc) is 2.23. The molecule has 0 amide bonds. The van der Waals surface area contributed by atoms with Gasteiger partial charge in [0.05, 0.1) is 12.2 Å². The Morgan fingerprint density at radius 2 is 1.88 bits per heavy atom. The molecule has 0 saturated heterocycles. The van der Waals surface area contributed by atoms with E-state index in [1.54, 1.807) is 32.7 Å². The second-order valence-corrected chi connectivity index (χ2v) is 5.20. The van der Waals surface area contributed by atoms with Crippen LogP contribution in [0.2, 0.25) is 0 Å². The van der Waals surface area contributed by atoms with Crippen molar-refractivity contribution in [1.82, 2.24) is 4.90 Å². The molecule has 0 spiro atoms. The number of hydrogen-bond acceptors (Lipinski definition) is 4. The molecule has 0 saturated carbocycles. The highest BCUT2D eigenvalue weighted by atomic mass is 16.4. The minimum atomic E-state index is -1.01. The topological polar surface area (TPSA) is 81.0 Å². The van der Waals surface area contributed by atoms with Crippen molar-refractivity contribution >= 4 is 5.97 Å². The summed E-state index contributed by atoms with van der Waals surface area (Å²) in [5.41, 5.74) is -1.60. The van der Waals surface area contributed by atoms with Gasteiger partial charge in [-0.25, -0.2) is 4.79 Å². The molecule has 0 aromatic rings. The zero-order chi connectivity index (χ0) is 13.7. The molecule has 5 nitrogen and oxygen atoms in total. The maximum Gasteiger partial charge on any atom is 0.329 e. The summed E-state index contributed by atoms with van der Waals surface area (Å²) in [4.78, 5) is 12.0. The lowest BCUT2D eigenvalue weighted by molar-refractivity contribution is -0.131. The van der Waals surface area contributed by atoms with Crippen LogP contribution in [0.5, 0.6) is 0 Å². The molecule has 1 unspecified atom stereocenters. The number of nitrogens with zero attached hydrogens (tertiary/aromatic N) is 1. The van der Waals surface area contributed by atoms with Gasteiger partial charge in [-0.15, -0.1) is 0 Å². The highest BCUT2D eigenvalue weighted by Crippen LogP contribution is 2.32. The zero-order valence-electron chi connectivity index (χ0n) is 11.0. The molecule has 0 bridgehead atoms. The highest BCUT2D eigenvalue weighted by molar-refractivity contribution is 5.79. The lowest BCUT2D eigenvalue weighted by Crippen LogP contribution is -2.46. The predicted molar refractivity (Wildman–Crippen MR) is 65.5 cm³/mol. The number of aliphatic carboxylic acids is 1. The number of hydrogen-bond donors (Lipinski definition) is 3. The largest absolute Gasteiger partial charge is 0.478 e. The van der Waals surface area contributed by atoms with E-state index in [1.165, 1.54) is 6.20 Å². The number of rotatable bonds is 7. The summed E-state index contributed by atoms with van der Waals surface area (Å²) in [6.45, 7) is 5.67. The second kappa shape index (κ2) is 6.02. The summed E-state index contributed by atoms with van der Waals surface area (Å²) in [6, 6.07) is 0. The van der Waals surface area contributed by atoms with E-state index < -0.39 is 17.0 Å². The van der Waals surface area contributed by atoms with Gasteiger partial charge in [0.2, 0.25) is 0 Å². The van der Waals surface area contributed by atoms with E-state index in [-0.39, 0.29) is 6.61 Å². The second-order valence-electron chi connectivity index (χ2n) is 5.20. The van der Waals surface area contributed by atoms with Crippen molar-refractivity contribution in [2.45, 2.75) is 32.8 Å². The molecule has 1 atom stereocenters. The molecule has 100 valence electrons. The smallest absolute Gasteiger partial charge is 0.329 e. The summed E-state index contributed by atoms with van der Waals surface area (Å²) in [5.74, 6) is -1.00.